The standard InChI is InChI=1S/C11H22I2Si2/c1-9(11(13)15(5,6)7)8-10(12)14(2,3)4/h8H,1-7H3/b10-8+,11-9+. The number of allylic oxidation sites excluding steroid dienone is 2. The van der Waals surface area contributed by atoms with E-state index < -0.39 is 16.1 Å². The molecule has 0 saturated carbocycles. The van der Waals surface area contributed by atoms with Crippen LogP contribution < -0.4 is 0 Å². The van der Waals surface area contributed by atoms with Crippen molar-refractivity contribution in [3.8, 4) is 0 Å². The second kappa shape index (κ2) is 5.81. The van der Waals surface area contributed by atoms with E-state index in [0.29, 0.717) is 0 Å². The van der Waals surface area contributed by atoms with Crippen molar-refractivity contribution >= 4 is 61.3 Å². The van der Waals surface area contributed by atoms with Crippen LogP contribution in [-0.2, 0) is 0 Å². The molecule has 0 aliphatic carbocycles. The summed E-state index contributed by atoms with van der Waals surface area (Å²) >= 11 is 5.07. The van der Waals surface area contributed by atoms with Gasteiger partial charge in [-0.1, -0.05) is 90.5 Å². The van der Waals surface area contributed by atoms with Crippen molar-refractivity contribution in [2.75, 3.05) is 0 Å². The van der Waals surface area contributed by atoms with Gasteiger partial charge >= 0.3 is 0 Å². The van der Waals surface area contributed by atoms with Crippen molar-refractivity contribution in [3.05, 3.63) is 18.1 Å². The van der Waals surface area contributed by atoms with Gasteiger partial charge in [-0.05, 0) is 18.9 Å². The van der Waals surface area contributed by atoms with Gasteiger partial charge in [-0.2, -0.15) is 0 Å². The number of hydrogen-bond donors (Lipinski definition) is 0. The number of halogens is 2. The Morgan fingerprint density at radius 1 is 0.867 bits per heavy atom. The summed E-state index contributed by atoms with van der Waals surface area (Å²) in [6, 6.07) is 0. The summed E-state index contributed by atoms with van der Waals surface area (Å²) in [5.41, 5.74) is 1.49. The Labute approximate surface area is 124 Å². The van der Waals surface area contributed by atoms with Gasteiger partial charge in [-0.3, -0.25) is 0 Å². The van der Waals surface area contributed by atoms with Crippen LogP contribution in [0.3, 0.4) is 0 Å². The van der Waals surface area contributed by atoms with Crippen LogP contribution in [0.15, 0.2) is 18.1 Å². The monoisotopic (exact) mass is 464 g/mol. The Bertz CT molecular complexity index is 291. The molecule has 0 aromatic carbocycles. The minimum absolute atomic E-state index is 1.10. The van der Waals surface area contributed by atoms with Crippen LogP contribution in [0.4, 0.5) is 0 Å². The Morgan fingerprint density at radius 2 is 1.27 bits per heavy atom. The van der Waals surface area contributed by atoms with Crippen molar-refractivity contribution in [2.24, 2.45) is 0 Å². The molecule has 0 rings (SSSR count). The first-order chi connectivity index (χ1) is 6.46. The predicted octanol–water partition coefficient (Wildman–Crippen LogP) is 5.77. The maximum Gasteiger partial charge on any atom is 0.0858 e. The molecule has 0 amide bonds. The van der Waals surface area contributed by atoms with Crippen LogP contribution in [0.1, 0.15) is 6.92 Å². The molecule has 0 nitrogen and oxygen atoms in total. The van der Waals surface area contributed by atoms with Gasteiger partial charge in [0.15, 0.2) is 0 Å². The normalized spacial score (nSPS) is 16.5. The van der Waals surface area contributed by atoms with E-state index in [1.807, 2.05) is 0 Å². The molecular formula is C11H22I2Si2. The van der Waals surface area contributed by atoms with Crippen LogP contribution in [0, 0.1) is 0 Å². The van der Waals surface area contributed by atoms with Gasteiger partial charge in [-0.25, -0.2) is 0 Å². The lowest BCUT2D eigenvalue weighted by atomic mass is 10.4. The summed E-state index contributed by atoms with van der Waals surface area (Å²) in [6.45, 7) is 16.7. The summed E-state index contributed by atoms with van der Waals surface area (Å²) < 4.78 is 3.18. The minimum atomic E-state index is -1.12. The van der Waals surface area contributed by atoms with Crippen molar-refractivity contribution in [2.45, 2.75) is 46.2 Å². The van der Waals surface area contributed by atoms with Gasteiger partial charge < -0.3 is 0 Å². The molecule has 0 heterocycles. The molecule has 0 aliphatic rings. The quantitative estimate of drug-likeness (QED) is 0.283. The fourth-order valence-corrected chi connectivity index (χ4v) is 3.59. The zero-order valence-corrected chi connectivity index (χ0v) is 17.1. The third-order valence-electron chi connectivity index (χ3n) is 2.06. The molecular weight excluding hydrogens is 442 g/mol. The van der Waals surface area contributed by atoms with E-state index in [4.69, 9.17) is 0 Å². The first-order valence-electron chi connectivity index (χ1n) is 5.21. The van der Waals surface area contributed by atoms with E-state index >= 15 is 0 Å². The molecule has 15 heavy (non-hydrogen) atoms. The second-order valence-corrected chi connectivity index (χ2v) is 20.3. The molecule has 0 atom stereocenters. The summed E-state index contributed by atoms with van der Waals surface area (Å²) in [5, 5.41) is 0. The van der Waals surface area contributed by atoms with E-state index in [2.05, 4.69) is 97.5 Å². The van der Waals surface area contributed by atoms with Gasteiger partial charge in [0.1, 0.15) is 0 Å². The Balaban J connectivity index is 5.14. The highest BCUT2D eigenvalue weighted by Gasteiger charge is 2.21. The van der Waals surface area contributed by atoms with Crippen molar-refractivity contribution in [3.63, 3.8) is 0 Å². The van der Waals surface area contributed by atoms with Gasteiger partial charge in [0.25, 0.3) is 0 Å². The molecule has 0 saturated heterocycles. The molecule has 0 aliphatic heterocycles. The molecule has 0 spiro atoms. The van der Waals surface area contributed by atoms with Gasteiger partial charge in [0, 0.05) is 0 Å². The lowest BCUT2D eigenvalue weighted by Crippen LogP contribution is -2.22. The highest BCUT2D eigenvalue weighted by molar-refractivity contribution is 14.1. The fourth-order valence-electron chi connectivity index (χ4n) is 1.06. The molecule has 0 radical (unpaired) electrons. The maximum atomic E-state index is 2.54. The third kappa shape index (κ3) is 6.02. The average Bonchev–Trinajstić information content (AvgIpc) is 1.99. The Morgan fingerprint density at radius 3 is 1.53 bits per heavy atom. The Hall–Kier alpha value is 1.37. The molecule has 0 aromatic heterocycles. The summed E-state index contributed by atoms with van der Waals surface area (Å²) in [7, 11) is -2.22. The smallest absolute Gasteiger partial charge is 0.0652 e. The summed E-state index contributed by atoms with van der Waals surface area (Å²) in [5.74, 6) is 0. The number of rotatable bonds is 3. The molecule has 0 aromatic rings. The van der Waals surface area contributed by atoms with E-state index in [1.54, 1.807) is 6.41 Å². The first kappa shape index (κ1) is 16.4. The van der Waals surface area contributed by atoms with Crippen molar-refractivity contribution in [1.29, 1.82) is 0 Å². The molecule has 88 valence electrons. The summed E-state index contributed by atoms with van der Waals surface area (Å²) in [6.07, 6.45) is 2.41. The van der Waals surface area contributed by atoms with Crippen LogP contribution in [-0.4, -0.2) is 16.1 Å². The molecule has 0 fully saturated rings. The fraction of sp³-hybridized carbons (Fsp3) is 0.636. The zero-order valence-electron chi connectivity index (χ0n) is 10.8. The third-order valence-corrected chi connectivity index (χ3v) is 16.2. The van der Waals surface area contributed by atoms with E-state index in [9.17, 15) is 0 Å². The predicted molar refractivity (Wildman–Crippen MR) is 95.5 cm³/mol. The maximum absolute atomic E-state index is 2.54. The minimum Gasteiger partial charge on any atom is -0.0652 e. The van der Waals surface area contributed by atoms with Crippen LogP contribution in [0.2, 0.25) is 39.3 Å². The SMILES string of the molecule is CC(/C=C(\I)[Si](C)(C)C)=C(/I)[Si](C)(C)C. The largest absolute Gasteiger partial charge is 0.0858 e. The van der Waals surface area contributed by atoms with Crippen LogP contribution in [0.5, 0.6) is 0 Å². The van der Waals surface area contributed by atoms with Crippen molar-refractivity contribution in [1.82, 2.24) is 0 Å². The Kier molecular flexibility index (Phi) is 6.35. The van der Waals surface area contributed by atoms with E-state index in [1.165, 1.54) is 5.57 Å². The zero-order chi connectivity index (χ0) is 12.4. The topological polar surface area (TPSA) is 0 Å². The van der Waals surface area contributed by atoms with Crippen LogP contribution in [0.25, 0.3) is 0 Å². The lowest BCUT2D eigenvalue weighted by Gasteiger charge is -2.19. The first-order valence-corrected chi connectivity index (χ1v) is 14.4. The lowest BCUT2D eigenvalue weighted by molar-refractivity contribution is 1.51. The van der Waals surface area contributed by atoms with Crippen molar-refractivity contribution < 1.29 is 0 Å². The molecule has 0 N–H and O–H groups in total. The number of hydrogen-bond acceptors (Lipinski definition) is 0. The van der Waals surface area contributed by atoms with E-state index in [0.717, 1.165) is 0 Å². The van der Waals surface area contributed by atoms with Gasteiger partial charge in [0.2, 0.25) is 0 Å². The average molecular weight is 464 g/mol. The van der Waals surface area contributed by atoms with E-state index in [-0.39, 0.29) is 0 Å². The molecule has 4 heteroatoms. The highest BCUT2D eigenvalue weighted by atomic mass is 127. The van der Waals surface area contributed by atoms with Gasteiger partial charge in [0.05, 0.1) is 16.1 Å². The molecule has 0 unspecified atom stereocenters. The van der Waals surface area contributed by atoms with Gasteiger partial charge in [-0.15, -0.1) is 0 Å². The summed E-state index contributed by atoms with van der Waals surface area (Å²) in [4.78, 5) is 0. The van der Waals surface area contributed by atoms with Crippen LogP contribution >= 0.6 is 45.2 Å². The highest BCUT2D eigenvalue weighted by Crippen LogP contribution is 2.29. The molecule has 0 bridgehead atoms. The second-order valence-electron chi connectivity index (χ2n) is 5.99.